The average Bonchev–Trinajstić information content (AvgIpc) is 2.37. The van der Waals surface area contributed by atoms with E-state index in [1.807, 2.05) is 36.4 Å². The van der Waals surface area contributed by atoms with Crippen LogP contribution in [-0.4, -0.2) is 23.5 Å². The summed E-state index contributed by atoms with van der Waals surface area (Å²) in [4.78, 5) is 23.3. The largest absolute Gasteiger partial charge is 0.478 e. The molecule has 1 aromatic rings. The second-order valence-corrected chi connectivity index (χ2v) is 6.29. The van der Waals surface area contributed by atoms with Crippen molar-refractivity contribution in [2.45, 2.75) is 20.3 Å². The predicted octanol–water partition coefficient (Wildman–Crippen LogP) is 2.55. The van der Waals surface area contributed by atoms with Crippen LogP contribution in [0.1, 0.15) is 30.6 Å². The summed E-state index contributed by atoms with van der Waals surface area (Å²) in [5.41, 5.74) is 6.02. The number of amides is 1. The third-order valence-electron chi connectivity index (χ3n) is 2.88. The molecule has 0 aromatic heterocycles. The van der Waals surface area contributed by atoms with Gasteiger partial charge in [-0.3, -0.25) is 4.79 Å². The van der Waals surface area contributed by atoms with Crippen molar-refractivity contribution in [2.75, 3.05) is 11.9 Å². The van der Waals surface area contributed by atoms with Gasteiger partial charge in [0.2, 0.25) is 5.91 Å². The van der Waals surface area contributed by atoms with Crippen LogP contribution < -0.4 is 11.1 Å². The minimum absolute atomic E-state index is 0.0885. The van der Waals surface area contributed by atoms with E-state index in [1.165, 1.54) is 6.07 Å². The summed E-state index contributed by atoms with van der Waals surface area (Å²) in [6.07, 6.45) is 0.676. The molecular formula is C14H19IN2O3. The summed E-state index contributed by atoms with van der Waals surface area (Å²) in [7, 11) is 0. The van der Waals surface area contributed by atoms with Crippen LogP contribution >= 0.6 is 22.6 Å². The van der Waals surface area contributed by atoms with Crippen molar-refractivity contribution in [1.29, 1.82) is 0 Å². The summed E-state index contributed by atoms with van der Waals surface area (Å²) in [6, 6.07) is 4.88. The van der Waals surface area contributed by atoms with Crippen LogP contribution in [-0.2, 0) is 4.79 Å². The first kappa shape index (κ1) is 16.9. The molecule has 1 unspecified atom stereocenters. The Kier molecular flexibility index (Phi) is 6.41. The number of hydrogen-bond acceptors (Lipinski definition) is 3. The molecule has 0 saturated carbocycles. The van der Waals surface area contributed by atoms with E-state index in [-0.39, 0.29) is 23.9 Å². The molecule has 0 saturated heterocycles. The van der Waals surface area contributed by atoms with Gasteiger partial charge in [0, 0.05) is 10.1 Å². The molecule has 1 aromatic carbocycles. The van der Waals surface area contributed by atoms with Crippen molar-refractivity contribution in [3.05, 3.63) is 27.3 Å². The van der Waals surface area contributed by atoms with E-state index in [9.17, 15) is 9.59 Å². The lowest BCUT2D eigenvalue weighted by Crippen LogP contribution is -2.30. The molecule has 0 fully saturated rings. The average molecular weight is 390 g/mol. The molecule has 0 aliphatic heterocycles. The van der Waals surface area contributed by atoms with Gasteiger partial charge < -0.3 is 16.2 Å². The van der Waals surface area contributed by atoms with E-state index in [0.717, 1.165) is 3.57 Å². The van der Waals surface area contributed by atoms with E-state index in [0.29, 0.717) is 18.0 Å². The molecule has 1 rings (SSSR count). The first-order valence-corrected chi connectivity index (χ1v) is 7.46. The molecule has 0 radical (unpaired) electrons. The third kappa shape index (κ3) is 4.75. The lowest BCUT2D eigenvalue weighted by Gasteiger charge is -2.17. The number of halogens is 1. The Morgan fingerprint density at radius 2 is 2.05 bits per heavy atom. The number of hydrogen-bond donors (Lipinski definition) is 3. The highest BCUT2D eigenvalue weighted by atomic mass is 127. The monoisotopic (exact) mass is 390 g/mol. The molecule has 0 heterocycles. The Morgan fingerprint density at radius 1 is 1.40 bits per heavy atom. The maximum absolute atomic E-state index is 12.2. The van der Waals surface area contributed by atoms with E-state index in [2.05, 4.69) is 5.32 Å². The highest BCUT2D eigenvalue weighted by molar-refractivity contribution is 14.1. The van der Waals surface area contributed by atoms with Gasteiger partial charge in [-0.15, -0.1) is 0 Å². The molecule has 1 amide bonds. The molecule has 110 valence electrons. The van der Waals surface area contributed by atoms with Crippen LogP contribution in [0.15, 0.2) is 18.2 Å². The molecule has 1 atom stereocenters. The number of carbonyl (C=O) groups excluding carboxylic acids is 1. The Labute approximate surface area is 132 Å². The Hall–Kier alpha value is -1.15. The van der Waals surface area contributed by atoms with E-state index < -0.39 is 5.97 Å². The van der Waals surface area contributed by atoms with Crippen molar-refractivity contribution < 1.29 is 14.7 Å². The lowest BCUT2D eigenvalue weighted by molar-refractivity contribution is -0.120. The number of benzene rings is 1. The number of carboxylic acid groups (broad SMARTS) is 1. The minimum Gasteiger partial charge on any atom is -0.478 e. The van der Waals surface area contributed by atoms with E-state index in [1.54, 1.807) is 12.1 Å². The number of aromatic carboxylic acids is 1. The molecule has 4 N–H and O–H groups in total. The number of rotatable bonds is 6. The van der Waals surface area contributed by atoms with Gasteiger partial charge in [-0.1, -0.05) is 13.8 Å². The van der Waals surface area contributed by atoms with Gasteiger partial charge in [-0.05, 0) is 53.1 Å². The number of nitrogens with one attached hydrogen (secondary N) is 1. The smallest absolute Gasteiger partial charge is 0.337 e. The van der Waals surface area contributed by atoms with Crippen LogP contribution in [0.4, 0.5) is 5.69 Å². The van der Waals surface area contributed by atoms with Gasteiger partial charge in [-0.2, -0.15) is 0 Å². The standard InChI is InChI=1S/C14H19IN2O3/c1-8(2)5-9(7-16)13(18)17-12-4-3-10(15)6-11(12)14(19)20/h3-4,6,8-9H,5,7,16H2,1-2H3,(H,17,18)(H,19,20). The number of carboxylic acids is 1. The molecule has 0 aliphatic carbocycles. The maximum atomic E-state index is 12.2. The van der Waals surface area contributed by atoms with Crippen LogP contribution in [0.25, 0.3) is 0 Å². The van der Waals surface area contributed by atoms with Crippen molar-refractivity contribution in [3.63, 3.8) is 0 Å². The fourth-order valence-electron chi connectivity index (χ4n) is 1.92. The zero-order chi connectivity index (χ0) is 15.3. The third-order valence-corrected chi connectivity index (χ3v) is 3.55. The van der Waals surface area contributed by atoms with Gasteiger partial charge in [0.15, 0.2) is 0 Å². The van der Waals surface area contributed by atoms with Crippen molar-refractivity contribution in [3.8, 4) is 0 Å². The molecule has 0 bridgehead atoms. The lowest BCUT2D eigenvalue weighted by atomic mass is 9.96. The highest BCUT2D eigenvalue weighted by Gasteiger charge is 2.20. The first-order valence-electron chi connectivity index (χ1n) is 6.39. The zero-order valence-electron chi connectivity index (χ0n) is 11.5. The number of nitrogens with two attached hydrogens (primary N) is 1. The summed E-state index contributed by atoms with van der Waals surface area (Å²) in [5, 5.41) is 11.8. The Balaban J connectivity index is 2.92. The summed E-state index contributed by atoms with van der Waals surface area (Å²) in [5.74, 6) is -1.25. The molecule has 0 aliphatic rings. The Morgan fingerprint density at radius 3 is 2.55 bits per heavy atom. The molecule has 20 heavy (non-hydrogen) atoms. The maximum Gasteiger partial charge on any atom is 0.337 e. The number of carbonyl (C=O) groups is 2. The fourth-order valence-corrected chi connectivity index (χ4v) is 2.41. The second kappa shape index (κ2) is 7.58. The zero-order valence-corrected chi connectivity index (χ0v) is 13.7. The molecular weight excluding hydrogens is 371 g/mol. The SMILES string of the molecule is CC(C)CC(CN)C(=O)Nc1ccc(I)cc1C(=O)O. The van der Waals surface area contributed by atoms with Gasteiger partial charge in [-0.25, -0.2) is 4.79 Å². The van der Waals surface area contributed by atoms with Gasteiger partial charge in [0.25, 0.3) is 0 Å². The summed E-state index contributed by atoms with van der Waals surface area (Å²) >= 11 is 2.03. The fraction of sp³-hybridized carbons (Fsp3) is 0.429. The van der Waals surface area contributed by atoms with Crippen LogP contribution in [0, 0.1) is 15.4 Å². The predicted molar refractivity (Wildman–Crippen MR) is 86.7 cm³/mol. The van der Waals surface area contributed by atoms with Crippen LogP contribution in [0.5, 0.6) is 0 Å². The van der Waals surface area contributed by atoms with Crippen molar-refractivity contribution in [2.24, 2.45) is 17.6 Å². The normalized spacial score (nSPS) is 12.2. The van der Waals surface area contributed by atoms with Crippen LogP contribution in [0.3, 0.4) is 0 Å². The topological polar surface area (TPSA) is 92.4 Å². The Bertz CT molecular complexity index is 503. The molecule has 0 spiro atoms. The number of anilines is 1. The minimum atomic E-state index is -1.06. The van der Waals surface area contributed by atoms with Gasteiger partial charge in [0.1, 0.15) is 0 Å². The summed E-state index contributed by atoms with van der Waals surface area (Å²) in [6.45, 7) is 4.28. The summed E-state index contributed by atoms with van der Waals surface area (Å²) < 4.78 is 0.801. The second-order valence-electron chi connectivity index (χ2n) is 5.05. The quantitative estimate of drug-likeness (QED) is 0.651. The van der Waals surface area contributed by atoms with Gasteiger partial charge >= 0.3 is 5.97 Å². The highest BCUT2D eigenvalue weighted by Crippen LogP contribution is 2.21. The van der Waals surface area contributed by atoms with E-state index in [4.69, 9.17) is 10.8 Å². The van der Waals surface area contributed by atoms with Crippen molar-refractivity contribution >= 4 is 40.2 Å². The first-order chi connectivity index (χ1) is 9.35. The van der Waals surface area contributed by atoms with Crippen molar-refractivity contribution in [1.82, 2.24) is 0 Å². The van der Waals surface area contributed by atoms with Gasteiger partial charge in [0.05, 0.1) is 17.2 Å². The molecule has 6 heteroatoms. The van der Waals surface area contributed by atoms with E-state index >= 15 is 0 Å². The molecule has 5 nitrogen and oxygen atoms in total. The van der Waals surface area contributed by atoms with Crippen LogP contribution in [0.2, 0.25) is 0 Å².